The summed E-state index contributed by atoms with van der Waals surface area (Å²) in [5.74, 6) is -1.12. The molecule has 182 valence electrons. The van der Waals surface area contributed by atoms with Crippen molar-refractivity contribution in [3.63, 3.8) is 0 Å². The molecule has 10 nitrogen and oxygen atoms in total. The van der Waals surface area contributed by atoms with Crippen LogP contribution in [0.2, 0.25) is 0 Å². The van der Waals surface area contributed by atoms with Crippen LogP contribution >= 0.6 is 0 Å². The molecule has 0 bridgehead atoms. The van der Waals surface area contributed by atoms with Crippen LogP contribution in [0.3, 0.4) is 0 Å². The lowest BCUT2D eigenvalue weighted by molar-refractivity contribution is 0.0393. The molecule has 2 aliphatic rings. The van der Waals surface area contributed by atoms with Crippen molar-refractivity contribution in [1.29, 1.82) is 0 Å². The first-order valence-corrected chi connectivity index (χ1v) is 11.3. The summed E-state index contributed by atoms with van der Waals surface area (Å²) in [5.41, 5.74) is 1.23. The van der Waals surface area contributed by atoms with E-state index in [2.05, 4.69) is 20.2 Å². The van der Waals surface area contributed by atoms with E-state index in [1.807, 2.05) is 0 Å². The number of hydrogen-bond acceptors (Lipinski definition) is 7. The number of carbonyl (C=O) groups excluding carboxylic acids is 2. The van der Waals surface area contributed by atoms with E-state index < -0.39 is 5.91 Å². The fourth-order valence-electron chi connectivity index (χ4n) is 4.33. The molecular formula is C24H25FN6O4. The first-order chi connectivity index (χ1) is 16.9. The predicted molar refractivity (Wildman–Crippen MR) is 127 cm³/mol. The summed E-state index contributed by atoms with van der Waals surface area (Å²) in [7, 11) is 1.58. The fourth-order valence-corrected chi connectivity index (χ4v) is 4.33. The molecule has 0 unspecified atom stereocenters. The van der Waals surface area contributed by atoms with E-state index in [4.69, 9.17) is 4.74 Å². The highest BCUT2D eigenvalue weighted by atomic mass is 19.1. The Morgan fingerprint density at radius 2 is 1.91 bits per heavy atom. The van der Waals surface area contributed by atoms with Gasteiger partial charge in [0.1, 0.15) is 17.2 Å². The fraction of sp³-hybridized carbons (Fsp3) is 0.333. The third-order valence-electron chi connectivity index (χ3n) is 6.27. The van der Waals surface area contributed by atoms with Crippen LogP contribution < -0.4 is 15.1 Å². The van der Waals surface area contributed by atoms with Crippen molar-refractivity contribution in [3.05, 3.63) is 53.6 Å². The van der Waals surface area contributed by atoms with Crippen molar-refractivity contribution in [3.8, 4) is 5.75 Å². The van der Waals surface area contributed by atoms with E-state index in [-0.39, 0.29) is 41.2 Å². The summed E-state index contributed by atoms with van der Waals surface area (Å²) < 4.78 is 18.5. The molecule has 11 heteroatoms. The Balaban J connectivity index is 1.44. The Bertz CT molecular complexity index is 1280. The van der Waals surface area contributed by atoms with E-state index in [9.17, 15) is 19.1 Å². The number of amides is 3. The van der Waals surface area contributed by atoms with Crippen LogP contribution in [-0.2, 0) is 11.3 Å². The SMILES string of the molecule is CN1C(=O)N(CCN2CCOCC2)c2ccnc3c(O)c(C(=O)NCc4ccc(F)cc4)nc1c23. The zero-order valence-electron chi connectivity index (χ0n) is 19.2. The Morgan fingerprint density at radius 1 is 1.17 bits per heavy atom. The summed E-state index contributed by atoms with van der Waals surface area (Å²) in [4.78, 5) is 40.0. The van der Waals surface area contributed by atoms with E-state index >= 15 is 0 Å². The summed E-state index contributed by atoms with van der Waals surface area (Å²) >= 11 is 0. The number of halogens is 1. The van der Waals surface area contributed by atoms with E-state index in [0.717, 1.165) is 13.1 Å². The number of aromatic nitrogens is 2. The first kappa shape index (κ1) is 22.9. The molecule has 2 aromatic heterocycles. The van der Waals surface area contributed by atoms with Gasteiger partial charge >= 0.3 is 6.03 Å². The second-order valence-corrected chi connectivity index (χ2v) is 8.44. The predicted octanol–water partition coefficient (Wildman–Crippen LogP) is 2.11. The van der Waals surface area contributed by atoms with Gasteiger partial charge in [0.15, 0.2) is 11.4 Å². The maximum Gasteiger partial charge on any atom is 0.329 e. The van der Waals surface area contributed by atoms with Gasteiger partial charge in [-0.15, -0.1) is 0 Å². The Morgan fingerprint density at radius 3 is 2.66 bits per heavy atom. The zero-order chi connectivity index (χ0) is 24.5. The van der Waals surface area contributed by atoms with Crippen LogP contribution in [0.1, 0.15) is 16.1 Å². The Hall–Kier alpha value is -3.83. The minimum Gasteiger partial charge on any atom is -0.504 e. The maximum absolute atomic E-state index is 13.3. The third-order valence-corrected chi connectivity index (χ3v) is 6.27. The molecule has 0 aliphatic carbocycles. The van der Waals surface area contributed by atoms with Crippen molar-refractivity contribution in [2.45, 2.75) is 6.54 Å². The molecule has 5 rings (SSSR count). The lowest BCUT2D eigenvalue weighted by atomic mass is 10.1. The minimum absolute atomic E-state index is 0.116. The number of nitrogens with zero attached hydrogens (tertiary/aromatic N) is 5. The van der Waals surface area contributed by atoms with Gasteiger partial charge in [0.05, 0.1) is 24.3 Å². The highest BCUT2D eigenvalue weighted by Gasteiger charge is 2.34. The number of hydrogen-bond donors (Lipinski definition) is 2. The van der Waals surface area contributed by atoms with Gasteiger partial charge in [0.2, 0.25) is 0 Å². The number of pyridine rings is 2. The molecule has 0 atom stereocenters. The summed E-state index contributed by atoms with van der Waals surface area (Å²) in [6.07, 6.45) is 1.50. The largest absolute Gasteiger partial charge is 0.504 e. The van der Waals surface area contributed by atoms with Crippen LogP contribution in [-0.4, -0.2) is 78.4 Å². The van der Waals surface area contributed by atoms with E-state index in [1.165, 1.54) is 23.2 Å². The van der Waals surface area contributed by atoms with Gasteiger partial charge in [0.25, 0.3) is 5.91 Å². The molecule has 1 fully saturated rings. The van der Waals surface area contributed by atoms with Crippen LogP contribution in [0.15, 0.2) is 36.5 Å². The van der Waals surface area contributed by atoms with Crippen molar-refractivity contribution in [2.75, 3.05) is 56.2 Å². The third kappa shape index (κ3) is 4.35. The number of benzene rings is 1. The first-order valence-electron chi connectivity index (χ1n) is 11.3. The lowest BCUT2D eigenvalue weighted by Crippen LogP contribution is -2.49. The van der Waals surface area contributed by atoms with Crippen LogP contribution in [0.5, 0.6) is 5.75 Å². The summed E-state index contributed by atoms with van der Waals surface area (Å²) in [6.45, 7) is 4.18. The van der Waals surface area contributed by atoms with Crippen LogP contribution in [0, 0.1) is 5.82 Å². The van der Waals surface area contributed by atoms with Crippen molar-refractivity contribution >= 4 is 34.3 Å². The van der Waals surface area contributed by atoms with E-state index in [0.29, 0.717) is 42.9 Å². The molecule has 1 aromatic carbocycles. The molecule has 0 saturated carbocycles. The second-order valence-electron chi connectivity index (χ2n) is 8.44. The molecule has 3 amide bonds. The number of urea groups is 1. The average Bonchev–Trinajstić information content (AvgIpc) is 2.88. The standard InChI is InChI=1S/C24H25FN6O4/c1-29-22-18-17(31(24(29)34)9-8-30-10-12-35-13-11-30)6-7-26-19(18)21(32)20(28-22)23(33)27-14-15-2-4-16(25)5-3-15/h2-7,32H,8-14H2,1H3,(H,27,33). The molecular weight excluding hydrogens is 455 g/mol. The highest BCUT2D eigenvalue weighted by molar-refractivity contribution is 6.20. The van der Waals surface area contributed by atoms with Gasteiger partial charge in [-0.05, 0) is 23.8 Å². The number of ether oxygens (including phenoxy) is 1. The van der Waals surface area contributed by atoms with Crippen molar-refractivity contribution < 1.29 is 23.8 Å². The highest BCUT2D eigenvalue weighted by Crippen LogP contribution is 2.41. The summed E-state index contributed by atoms with van der Waals surface area (Å²) in [6, 6.07) is 7.14. The minimum atomic E-state index is -0.632. The molecule has 1 saturated heterocycles. The molecule has 3 aromatic rings. The summed E-state index contributed by atoms with van der Waals surface area (Å²) in [5, 5.41) is 14.1. The van der Waals surface area contributed by atoms with Crippen molar-refractivity contribution in [1.82, 2.24) is 20.2 Å². The Kier molecular flexibility index (Phi) is 6.18. The number of carbonyl (C=O) groups is 2. The maximum atomic E-state index is 13.3. The van der Waals surface area contributed by atoms with Gasteiger partial charge in [-0.2, -0.15) is 0 Å². The number of rotatable bonds is 6. The topological polar surface area (TPSA) is 111 Å². The number of aromatic hydroxyl groups is 1. The zero-order valence-corrected chi connectivity index (χ0v) is 19.2. The average molecular weight is 481 g/mol. The van der Waals surface area contributed by atoms with Gasteiger partial charge in [-0.25, -0.2) is 14.2 Å². The quantitative estimate of drug-likeness (QED) is 0.556. The van der Waals surface area contributed by atoms with Crippen molar-refractivity contribution in [2.24, 2.45) is 0 Å². The molecule has 2 N–H and O–H groups in total. The van der Waals surface area contributed by atoms with E-state index in [1.54, 1.807) is 30.1 Å². The van der Waals surface area contributed by atoms with Gasteiger partial charge < -0.3 is 15.2 Å². The molecule has 2 aliphatic heterocycles. The van der Waals surface area contributed by atoms with Gasteiger partial charge in [0, 0.05) is 46.0 Å². The number of morpholine rings is 1. The normalized spacial score (nSPS) is 16.1. The van der Waals surface area contributed by atoms with Gasteiger partial charge in [-0.3, -0.25) is 24.5 Å². The van der Waals surface area contributed by atoms with Crippen LogP contribution in [0.4, 0.5) is 20.7 Å². The molecule has 4 heterocycles. The van der Waals surface area contributed by atoms with Crippen LogP contribution in [0.25, 0.3) is 10.9 Å². The lowest BCUT2D eigenvalue weighted by Gasteiger charge is -2.36. The Labute approximate surface area is 200 Å². The monoisotopic (exact) mass is 480 g/mol. The molecule has 0 radical (unpaired) electrons. The molecule has 0 spiro atoms. The smallest absolute Gasteiger partial charge is 0.329 e. The number of anilines is 2. The molecule has 35 heavy (non-hydrogen) atoms. The number of nitrogens with one attached hydrogen (secondary N) is 1. The second kappa shape index (κ2) is 9.43. The van der Waals surface area contributed by atoms with Gasteiger partial charge in [-0.1, -0.05) is 12.1 Å².